The molecule has 17 heavy (non-hydrogen) atoms. The van der Waals surface area contributed by atoms with E-state index in [-0.39, 0.29) is 5.75 Å². The van der Waals surface area contributed by atoms with Crippen molar-refractivity contribution in [1.82, 2.24) is 0 Å². The quantitative estimate of drug-likeness (QED) is 0.907. The van der Waals surface area contributed by atoms with Gasteiger partial charge in [0, 0.05) is 17.3 Å². The normalized spacial score (nSPS) is 12.6. The van der Waals surface area contributed by atoms with Gasteiger partial charge in [-0.2, -0.15) is 0 Å². The molecule has 1 heterocycles. The average Bonchev–Trinajstić information content (AvgIpc) is 2.84. The van der Waals surface area contributed by atoms with E-state index in [0.717, 1.165) is 10.9 Å². The van der Waals surface area contributed by atoms with E-state index in [9.17, 15) is 5.11 Å². The lowest BCUT2D eigenvalue weighted by molar-refractivity contribution is 0.471. The highest BCUT2D eigenvalue weighted by Crippen LogP contribution is 2.28. The van der Waals surface area contributed by atoms with Crippen LogP contribution in [0.1, 0.15) is 16.4 Å². The standard InChI is InChI=1S/C13H14BrNOS/c14-11-7-9(3-4-12(11)16)6-10(8-15)13-2-1-5-17-13/h1-5,7,10,16H,6,8,15H2. The average molecular weight is 312 g/mol. The molecule has 2 aromatic rings. The lowest BCUT2D eigenvalue weighted by Crippen LogP contribution is -2.13. The van der Waals surface area contributed by atoms with Crippen LogP contribution in [0.4, 0.5) is 0 Å². The van der Waals surface area contributed by atoms with Gasteiger partial charge in [0.1, 0.15) is 5.75 Å². The second kappa shape index (κ2) is 5.67. The van der Waals surface area contributed by atoms with E-state index < -0.39 is 0 Å². The third-order valence-corrected chi connectivity index (χ3v) is 4.39. The van der Waals surface area contributed by atoms with Crippen molar-refractivity contribution in [3.63, 3.8) is 0 Å². The van der Waals surface area contributed by atoms with Crippen molar-refractivity contribution < 1.29 is 5.11 Å². The van der Waals surface area contributed by atoms with Crippen LogP contribution in [0.3, 0.4) is 0 Å². The number of phenolic OH excluding ortho intramolecular Hbond substituents is 1. The summed E-state index contributed by atoms with van der Waals surface area (Å²) in [4.78, 5) is 1.32. The van der Waals surface area contributed by atoms with Crippen molar-refractivity contribution >= 4 is 27.3 Å². The third-order valence-electron chi connectivity index (χ3n) is 2.72. The number of phenols is 1. The van der Waals surface area contributed by atoms with Crippen LogP contribution < -0.4 is 5.73 Å². The van der Waals surface area contributed by atoms with Gasteiger partial charge in [0.25, 0.3) is 0 Å². The Morgan fingerprint density at radius 1 is 1.35 bits per heavy atom. The molecule has 3 N–H and O–H groups in total. The molecular weight excluding hydrogens is 298 g/mol. The molecule has 0 spiro atoms. The molecule has 1 aromatic heterocycles. The predicted molar refractivity (Wildman–Crippen MR) is 75.6 cm³/mol. The van der Waals surface area contributed by atoms with E-state index in [4.69, 9.17) is 5.73 Å². The molecule has 0 aliphatic carbocycles. The molecule has 0 radical (unpaired) electrons. The lowest BCUT2D eigenvalue weighted by atomic mass is 9.98. The predicted octanol–water partition coefficient (Wildman–Crippen LogP) is 3.50. The summed E-state index contributed by atoms with van der Waals surface area (Å²) < 4.78 is 0.733. The van der Waals surface area contributed by atoms with Crippen molar-refractivity contribution in [1.29, 1.82) is 0 Å². The van der Waals surface area contributed by atoms with Crippen LogP contribution in [0.5, 0.6) is 5.75 Å². The minimum Gasteiger partial charge on any atom is -0.507 e. The second-order valence-corrected chi connectivity index (χ2v) is 5.77. The van der Waals surface area contributed by atoms with Crippen LogP contribution in [0.25, 0.3) is 0 Å². The first kappa shape index (κ1) is 12.6. The number of halogens is 1. The maximum atomic E-state index is 9.45. The number of thiophene rings is 1. The van der Waals surface area contributed by atoms with E-state index >= 15 is 0 Å². The summed E-state index contributed by atoms with van der Waals surface area (Å²) in [5, 5.41) is 11.5. The molecule has 0 fully saturated rings. The van der Waals surface area contributed by atoms with Crippen molar-refractivity contribution in [2.24, 2.45) is 5.73 Å². The Kier molecular flexibility index (Phi) is 4.20. The Morgan fingerprint density at radius 3 is 2.76 bits per heavy atom. The van der Waals surface area contributed by atoms with Gasteiger partial charge in [0.15, 0.2) is 0 Å². The summed E-state index contributed by atoms with van der Waals surface area (Å²) in [6.07, 6.45) is 0.899. The van der Waals surface area contributed by atoms with Crippen LogP contribution in [0.2, 0.25) is 0 Å². The number of benzene rings is 1. The maximum absolute atomic E-state index is 9.45. The summed E-state index contributed by atoms with van der Waals surface area (Å²) in [5.74, 6) is 0.626. The van der Waals surface area contributed by atoms with Crippen molar-refractivity contribution in [2.45, 2.75) is 12.3 Å². The van der Waals surface area contributed by atoms with Crippen molar-refractivity contribution in [3.8, 4) is 5.75 Å². The number of hydrogen-bond acceptors (Lipinski definition) is 3. The van der Waals surface area contributed by atoms with E-state index in [0.29, 0.717) is 12.5 Å². The summed E-state index contributed by atoms with van der Waals surface area (Å²) in [5.41, 5.74) is 7.00. The van der Waals surface area contributed by atoms with Crippen LogP contribution in [0.15, 0.2) is 40.2 Å². The molecule has 2 rings (SSSR count). The maximum Gasteiger partial charge on any atom is 0.129 e. The van der Waals surface area contributed by atoms with E-state index in [2.05, 4.69) is 33.4 Å². The van der Waals surface area contributed by atoms with Crippen LogP contribution >= 0.6 is 27.3 Å². The van der Waals surface area contributed by atoms with Crippen LogP contribution in [-0.2, 0) is 6.42 Å². The van der Waals surface area contributed by atoms with Gasteiger partial charge in [0.2, 0.25) is 0 Å². The Bertz CT molecular complexity index is 484. The highest BCUT2D eigenvalue weighted by molar-refractivity contribution is 9.10. The Morgan fingerprint density at radius 2 is 2.18 bits per heavy atom. The number of rotatable bonds is 4. The highest BCUT2D eigenvalue weighted by atomic mass is 79.9. The lowest BCUT2D eigenvalue weighted by Gasteiger charge is -2.13. The molecule has 0 aliphatic rings. The Balaban J connectivity index is 2.16. The minimum atomic E-state index is 0.272. The van der Waals surface area contributed by atoms with E-state index in [1.54, 1.807) is 17.4 Å². The van der Waals surface area contributed by atoms with Gasteiger partial charge < -0.3 is 10.8 Å². The minimum absolute atomic E-state index is 0.272. The first-order valence-electron chi connectivity index (χ1n) is 5.41. The van der Waals surface area contributed by atoms with Gasteiger partial charge in [-0.25, -0.2) is 0 Å². The molecule has 90 valence electrons. The van der Waals surface area contributed by atoms with Gasteiger partial charge in [-0.1, -0.05) is 12.1 Å². The SMILES string of the molecule is NCC(Cc1ccc(O)c(Br)c1)c1cccs1. The zero-order chi connectivity index (χ0) is 12.3. The fourth-order valence-electron chi connectivity index (χ4n) is 1.79. The first-order valence-corrected chi connectivity index (χ1v) is 7.09. The summed E-state index contributed by atoms with van der Waals surface area (Å²) in [7, 11) is 0. The second-order valence-electron chi connectivity index (χ2n) is 3.94. The number of aromatic hydroxyl groups is 1. The number of nitrogens with two attached hydrogens (primary N) is 1. The fourth-order valence-corrected chi connectivity index (χ4v) is 3.06. The molecule has 0 bridgehead atoms. The summed E-state index contributed by atoms with van der Waals surface area (Å²) in [6, 6.07) is 9.77. The zero-order valence-electron chi connectivity index (χ0n) is 9.27. The van der Waals surface area contributed by atoms with Crippen LogP contribution in [-0.4, -0.2) is 11.7 Å². The molecule has 2 nitrogen and oxygen atoms in total. The van der Waals surface area contributed by atoms with E-state index in [1.807, 2.05) is 12.1 Å². The topological polar surface area (TPSA) is 46.2 Å². The molecule has 4 heteroatoms. The molecule has 1 atom stereocenters. The van der Waals surface area contributed by atoms with Gasteiger partial charge in [-0.3, -0.25) is 0 Å². The van der Waals surface area contributed by atoms with Crippen molar-refractivity contribution in [2.75, 3.05) is 6.54 Å². The molecule has 0 saturated heterocycles. The highest BCUT2D eigenvalue weighted by Gasteiger charge is 2.12. The largest absolute Gasteiger partial charge is 0.507 e. The molecule has 1 aromatic carbocycles. The smallest absolute Gasteiger partial charge is 0.129 e. The number of hydrogen-bond donors (Lipinski definition) is 2. The van der Waals surface area contributed by atoms with Gasteiger partial charge in [-0.05, 0) is 51.5 Å². The summed E-state index contributed by atoms with van der Waals surface area (Å²) >= 11 is 5.07. The monoisotopic (exact) mass is 311 g/mol. The fraction of sp³-hybridized carbons (Fsp3) is 0.231. The van der Waals surface area contributed by atoms with Gasteiger partial charge in [0.05, 0.1) is 4.47 Å². The van der Waals surface area contributed by atoms with Crippen molar-refractivity contribution in [3.05, 3.63) is 50.6 Å². The van der Waals surface area contributed by atoms with Gasteiger partial charge in [-0.15, -0.1) is 11.3 Å². The Labute approximate surface area is 113 Å². The Hall–Kier alpha value is -0.840. The van der Waals surface area contributed by atoms with Gasteiger partial charge >= 0.3 is 0 Å². The van der Waals surface area contributed by atoms with E-state index in [1.165, 1.54) is 10.4 Å². The molecular formula is C13H14BrNOS. The molecule has 0 saturated carbocycles. The molecule has 1 unspecified atom stereocenters. The van der Waals surface area contributed by atoms with Crippen LogP contribution in [0, 0.1) is 0 Å². The third kappa shape index (κ3) is 3.09. The summed E-state index contributed by atoms with van der Waals surface area (Å²) in [6.45, 7) is 0.638. The first-order chi connectivity index (χ1) is 8.20. The zero-order valence-corrected chi connectivity index (χ0v) is 11.7. The molecule has 0 aliphatic heterocycles. The molecule has 0 amide bonds.